The number of aryl methyl sites for hydroxylation is 2. The molecule has 0 N–H and O–H groups in total. The number of fused-ring (bicyclic) bond motifs is 2. The fraction of sp³-hybridized carbons (Fsp3) is 0.269. The third-order valence-electron chi connectivity index (χ3n) is 6.41. The fourth-order valence-electron chi connectivity index (χ4n) is 4.59. The number of anilines is 1. The van der Waals surface area contributed by atoms with Crippen molar-refractivity contribution in [3.63, 3.8) is 0 Å². The quantitative estimate of drug-likeness (QED) is 0.408. The molecule has 0 amide bonds. The van der Waals surface area contributed by atoms with Crippen LogP contribution in [0.1, 0.15) is 33.5 Å². The van der Waals surface area contributed by atoms with Gasteiger partial charge < -0.3 is 9.47 Å². The molecule has 0 aliphatic carbocycles. The summed E-state index contributed by atoms with van der Waals surface area (Å²) >= 11 is 0. The highest BCUT2D eigenvalue weighted by Gasteiger charge is 2.22. The van der Waals surface area contributed by atoms with Crippen LogP contribution in [0.5, 0.6) is 0 Å². The minimum Gasteiger partial charge on any atom is -0.351 e. The summed E-state index contributed by atoms with van der Waals surface area (Å²) in [5.41, 5.74) is 9.48. The van der Waals surface area contributed by atoms with Gasteiger partial charge in [0.05, 0.1) is 5.52 Å². The van der Waals surface area contributed by atoms with Gasteiger partial charge >= 0.3 is 0 Å². The Morgan fingerprint density at radius 1 is 0.900 bits per heavy atom. The molecule has 0 spiro atoms. The normalized spacial score (nSPS) is 13.2. The van der Waals surface area contributed by atoms with Crippen LogP contribution in [0.4, 0.5) is 5.82 Å². The number of nitrogens with zero attached hydrogens (tertiary/aromatic N) is 3. The van der Waals surface area contributed by atoms with Crippen LogP contribution in [0.3, 0.4) is 0 Å². The molecule has 0 radical (unpaired) electrons. The Balaban J connectivity index is 0.00000218. The molecule has 30 heavy (non-hydrogen) atoms. The third kappa shape index (κ3) is 3.48. The van der Waals surface area contributed by atoms with E-state index in [0.717, 1.165) is 31.9 Å². The molecule has 0 fully saturated rings. The zero-order valence-corrected chi connectivity index (χ0v) is 18.7. The third-order valence-corrected chi connectivity index (χ3v) is 6.41. The van der Waals surface area contributed by atoms with Crippen LogP contribution in [0.15, 0.2) is 60.8 Å². The van der Waals surface area contributed by atoms with Crippen LogP contribution in [0, 0.1) is 20.8 Å². The summed E-state index contributed by atoms with van der Waals surface area (Å²) in [7, 11) is 0. The molecule has 1 aliphatic rings. The largest absolute Gasteiger partial charge is 0.351 e. The summed E-state index contributed by atoms with van der Waals surface area (Å²) in [5.74, 6) is 1.13. The maximum atomic E-state index is 4.85. The highest BCUT2D eigenvalue weighted by molar-refractivity contribution is 5.95. The summed E-state index contributed by atoms with van der Waals surface area (Å²) in [5, 5.41) is 1.30. The van der Waals surface area contributed by atoms with Crippen molar-refractivity contribution >= 4 is 29.1 Å². The standard InChI is InChI=1S/C26H27N3.ClH/c1-18-8-10-21(11-9-18)16-29-20(3)19(2)25-24(29)12-14-27-26(25)28-15-13-22-6-4-5-7-23(22)17-28;/h4-12,14H,13,15-17H2,1-3H3;1H. The topological polar surface area (TPSA) is 21.1 Å². The van der Waals surface area contributed by atoms with Gasteiger partial charge in [-0.1, -0.05) is 54.1 Å². The predicted octanol–water partition coefficient (Wildman–Crippen LogP) is 5.99. The van der Waals surface area contributed by atoms with E-state index in [9.17, 15) is 0 Å². The van der Waals surface area contributed by atoms with Crippen LogP contribution in [-0.4, -0.2) is 16.1 Å². The van der Waals surface area contributed by atoms with E-state index < -0.39 is 0 Å². The first-order valence-electron chi connectivity index (χ1n) is 10.4. The van der Waals surface area contributed by atoms with Crippen LogP contribution >= 0.6 is 12.4 Å². The molecular formula is C26H28ClN3. The summed E-state index contributed by atoms with van der Waals surface area (Å²) in [6, 6.07) is 19.8. The van der Waals surface area contributed by atoms with Gasteiger partial charge in [-0.15, -0.1) is 12.4 Å². The van der Waals surface area contributed by atoms with E-state index in [1.54, 1.807) is 0 Å². The SMILES string of the molecule is Cc1ccc(Cn2c(C)c(C)c3c(N4CCc5ccccc5C4)nccc32)cc1.Cl. The van der Waals surface area contributed by atoms with Crippen molar-refractivity contribution in [2.45, 2.75) is 40.3 Å². The molecule has 5 rings (SSSR count). The lowest BCUT2D eigenvalue weighted by Gasteiger charge is -2.30. The summed E-state index contributed by atoms with van der Waals surface area (Å²) in [6.07, 6.45) is 3.05. The molecular weight excluding hydrogens is 390 g/mol. The number of benzene rings is 2. The Labute approximate surface area is 184 Å². The Morgan fingerprint density at radius 3 is 2.40 bits per heavy atom. The second-order valence-electron chi connectivity index (χ2n) is 8.25. The molecule has 4 heteroatoms. The van der Waals surface area contributed by atoms with Crippen LogP contribution in [0.25, 0.3) is 10.9 Å². The zero-order valence-electron chi connectivity index (χ0n) is 17.9. The van der Waals surface area contributed by atoms with Gasteiger partial charge in [0.25, 0.3) is 0 Å². The number of aromatic nitrogens is 2. The lowest BCUT2D eigenvalue weighted by molar-refractivity contribution is 0.724. The first-order valence-corrected chi connectivity index (χ1v) is 10.4. The van der Waals surface area contributed by atoms with E-state index in [2.05, 4.69) is 84.8 Å². The monoisotopic (exact) mass is 417 g/mol. The van der Waals surface area contributed by atoms with Crippen LogP contribution in [-0.2, 0) is 19.5 Å². The van der Waals surface area contributed by atoms with Crippen molar-refractivity contribution in [3.8, 4) is 0 Å². The maximum Gasteiger partial charge on any atom is 0.138 e. The second-order valence-corrected chi connectivity index (χ2v) is 8.25. The van der Waals surface area contributed by atoms with E-state index in [4.69, 9.17) is 4.98 Å². The molecule has 1 aliphatic heterocycles. The minimum absolute atomic E-state index is 0. The van der Waals surface area contributed by atoms with E-state index in [1.807, 2.05) is 6.20 Å². The molecule has 4 aromatic rings. The van der Waals surface area contributed by atoms with Crippen molar-refractivity contribution in [2.24, 2.45) is 0 Å². The van der Waals surface area contributed by atoms with Gasteiger partial charge in [-0.3, -0.25) is 0 Å². The molecule has 0 saturated heterocycles. The summed E-state index contributed by atoms with van der Waals surface area (Å²) in [4.78, 5) is 7.30. The first-order chi connectivity index (χ1) is 14.1. The Morgan fingerprint density at radius 2 is 1.63 bits per heavy atom. The lowest BCUT2D eigenvalue weighted by Crippen LogP contribution is -2.31. The zero-order chi connectivity index (χ0) is 20.0. The molecule has 0 unspecified atom stereocenters. The van der Waals surface area contributed by atoms with Gasteiger partial charge in [-0.05, 0) is 55.5 Å². The smallest absolute Gasteiger partial charge is 0.138 e. The molecule has 2 aromatic heterocycles. The predicted molar refractivity (Wildman–Crippen MR) is 128 cm³/mol. The molecule has 0 bridgehead atoms. The number of pyridine rings is 1. The molecule has 3 nitrogen and oxygen atoms in total. The number of hydrogen-bond donors (Lipinski definition) is 0. The van der Waals surface area contributed by atoms with E-state index >= 15 is 0 Å². The van der Waals surface area contributed by atoms with Gasteiger partial charge in [-0.25, -0.2) is 4.98 Å². The average Bonchev–Trinajstić information content (AvgIpc) is 3.00. The van der Waals surface area contributed by atoms with Crippen molar-refractivity contribution < 1.29 is 0 Å². The average molecular weight is 418 g/mol. The van der Waals surface area contributed by atoms with Crippen molar-refractivity contribution in [1.82, 2.24) is 9.55 Å². The molecule has 0 atom stereocenters. The maximum absolute atomic E-state index is 4.85. The van der Waals surface area contributed by atoms with Gasteiger partial charge in [0.1, 0.15) is 5.82 Å². The highest BCUT2D eigenvalue weighted by Crippen LogP contribution is 2.34. The molecule has 2 aromatic carbocycles. The minimum atomic E-state index is 0. The van der Waals surface area contributed by atoms with Crippen LogP contribution in [0.2, 0.25) is 0 Å². The van der Waals surface area contributed by atoms with Crippen molar-refractivity contribution in [1.29, 1.82) is 0 Å². The van der Waals surface area contributed by atoms with E-state index in [1.165, 1.54) is 44.4 Å². The number of rotatable bonds is 3. The Hall–Kier alpha value is -2.78. The molecule has 154 valence electrons. The van der Waals surface area contributed by atoms with E-state index in [0.29, 0.717) is 0 Å². The Kier molecular flexibility index (Phi) is 5.57. The molecule has 0 saturated carbocycles. The van der Waals surface area contributed by atoms with Crippen molar-refractivity contribution in [3.05, 3.63) is 94.3 Å². The van der Waals surface area contributed by atoms with Crippen molar-refractivity contribution in [2.75, 3.05) is 11.4 Å². The Bertz CT molecular complexity index is 1190. The summed E-state index contributed by atoms with van der Waals surface area (Å²) < 4.78 is 2.44. The van der Waals surface area contributed by atoms with Gasteiger partial charge in [0, 0.05) is 36.9 Å². The van der Waals surface area contributed by atoms with Gasteiger partial charge in [-0.2, -0.15) is 0 Å². The lowest BCUT2D eigenvalue weighted by atomic mass is 9.99. The number of halogens is 1. The first kappa shape index (κ1) is 20.5. The van der Waals surface area contributed by atoms with Gasteiger partial charge in [0.15, 0.2) is 0 Å². The summed E-state index contributed by atoms with van der Waals surface area (Å²) in [6.45, 7) is 9.46. The molecule has 3 heterocycles. The van der Waals surface area contributed by atoms with Crippen LogP contribution < -0.4 is 4.90 Å². The highest BCUT2D eigenvalue weighted by atomic mass is 35.5. The number of hydrogen-bond acceptors (Lipinski definition) is 2. The fourth-order valence-corrected chi connectivity index (χ4v) is 4.59. The van der Waals surface area contributed by atoms with Gasteiger partial charge in [0.2, 0.25) is 0 Å². The van der Waals surface area contributed by atoms with E-state index in [-0.39, 0.29) is 12.4 Å². The second kappa shape index (κ2) is 8.16.